The summed E-state index contributed by atoms with van der Waals surface area (Å²) in [6.45, 7) is 5.02. The number of nitrogens with two attached hydrogens (primary N) is 1. The highest BCUT2D eigenvalue weighted by Crippen LogP contribution is 2.29. The highest BCUT2D eigenvalue weighted by atomic mass is 32.1. The van der Waals surface area contributed by atoms with Crippen LogP contribution in [0.1, 0.15) is 13.8 Å². The third-order valence-electron chi connectivity index (χ3n) is 1.94. The molecule has 1 rings (SSSR count). The van der Waals surface area contributed by atoms with Gasteiger partial charge in [0.15, 0.2) is 5.11 Å². The maximum absolute atomic E-state index is 5.47. The highest BCUT2D eigenvalue weighted by Gasteiger charge is 2.06. The predicted molar refractivity (Wildman–Crippen MR) is 72.3 cm³/mol. The quantitative estimate of drug-likeness (QED) is 0.422. The van der Waals surface area contributed by atoms with Crippen molar-refractivity contribution in [3.8, 4) is 11.5 Å². The van der Waals surface area contributed by atoms with Gasteiger partial charge in [-0.1, -0.05) is 0 Å². The van der Waals surface area contributed by atoms with Crippen molar-refractivity contribution >= 4 is 23.0 Å². The lowest BCUT2D eigenvalue weighted by molar-refractivity contribution is 0.332. The molecule has 17 heavy (non-hydrogen) atoms. The third kappa shape index (κ3) is 4.08. The Morgan fingerprint density at radius 2 is 2.00 bits per heavy atom. The van der Waals surface area contributed by atoms with E-state index < -0.39 is 0 Å². The van der Waals surface area contributed by atoms with Crippen LogP contribution >= 0.6 is 12.2 Å². The molecule has 4 N–H and O–H groups in total. The molecule has 0 aliphatic heterocycles. The topological polar surface area (TPSA) is 68.5 Å². The standard InChI is InChI=1S/C11H17N3O2S/c1-3-15-8-5-6-10(16-4-2)9(7-8)13-11(17)14-12/h5-7H,3-4,12H2,1-2H3,(H2,13,14,17). The zero-order valence-corrected chi connectivity index (χ0v) is 10.8. The average molecular weight is 255 g/mol. The molecule has 0 unspecified atom stereocenters. The summed E-state index contributed by atoms with van der Waals surface area (Å²) in [6.07, 6.45) is 0. The van der Waals surface area contributed by atoms with Crippen LogP contribution in [0.15, 0.2) is 18.2 Å². The molecule has 0 atom stereocenters. The monoisotopic (exact) mass is 255 g/mol. The summed E-state index contributed by atoms with van der Waals surface area (Å²) in [5, 5.41) is 3.25. The molecule has 0 saturated carbocycles. The van der Waals surface area contributed by atoms with Crippen LogP contribution in [-0.4, -0.2) is 18.3 Å². The molecule has 0 fully saturated rings. The van der Waals surface area contributed by atoms with Crippen LogP contribution in [0.2, 0.25) is 0 Å². The Bertz CT molecular complexity index is 385. The number of benzene rings is 1. The molecule has 0 saturated heterocycles. The first-order valence-corrected chi connectivity index (χ1v) is 5.79. The summed E-state index contributed by atoms with van der Waals surface area (Å²) in [5.41, 5.74) is 3.08. The maximum Gasteiger partial charge on any atom is 0.185 e. The zero-order chi connectivity index (χ0) is 12.7. The molecule has 94 valence electrons. The molecule has 0 radical (unpaired) electrons. The number of ether oxygens (including phenoxy) is 2. The molecule has 1 aromatic rings. The summed E-state index contributed by atoms with van der Waals surface area (Å²) in [6, 6.07) is 5.49. The van der Waals surface area contributed by atoms with E-state index in [9.17, 15) is 0 Å². The van der Waals surface area contributed by atoms with Crippen molar-refractivity contribution in [2.45, 2.75) is 13.8 Å². The minimum atomic E-state index is 0.319. The minimum Gasteiger partial charge on any atom is -0.494 e. The Morgan fingerprint density at radius 1 is 1.29 bits per heavy atom. The second kappa shape index (κ2) is 6.93. The molecule has 6 heteroatoms. The van der Waals surface area contributed by atoms with Gasteiger partial charge >= 0.3 is 0 Å². The lowest BCUT2D eigenvalue weighted by Gasteiger charge is -2.14. The molecule has 0 aromatic heterocycles. The number of anilines is 1. The lowest BCUT2D eigenvalue weighted by atomic mass is 10.2. The minimum absolute atomic E-state index is 0.319. The van der Waals surface area contributed by atoms with Gasteiger partial charge < -0.3 is 20.2 Å². The van der Waals surface area contributed by atoms with E-state index >= 15 is 0 Å². The lowest BCUT2D eigenvalue weighted by Crippen LogP contribution is -2.34. The largest absolute Gasteiger partial charge is 0.494 e. The smallest absolute Gasteiger partial charge is 0.185 e. The van der Waals surface area contributed by atoms with Gasteiger partial charge in [-0.2, -0.15) is 0 Å². The summed E-state index contributed by atoms with van der Waals surface area (Å²) < 4.78 is 10.9. The van der Waals surface area contributed by atoms with E-state index in [2.05, 4.69) is 10.7 Å². The van der Waals surface area contributed by atoms with Crippen LogP contribution < -0.4 is 26.1 Å². The van der Waals surface area contributed by atoms with Gasteiger partial charge in [-0.25, -0.2) is 5.84 Å². The van der Waals surface area contributed by atoms with E-state index in [-0.39, 0.29) is 0 Å². The molecule has 1 aromatic carbocycles. The zero-order valence-electron chi connectivity index (χ0n) is 9.95. The van der Waals surface area contributed by atoms with E-state index in [1.54, 1.807) is 0 Å². The van der Waals surface area contributed by atoms with Crippen LogP contribution in [0.5, 0.6) is 11.5 Å². The first-order valence-electron chi connectivity index (χ1n) is 5.38. The van der Waals surface area contributed by atoms with Gasteiger partial charge in [0, 0.05) is 6.07 Å². The highest BCUT2D eigenvalue weighted by molar-refractivity contribution is 7.80. The van der Waals surface area contributed by atoms with Crippen LogP contribution in [0, 0.1) is 0 Å². The molecular formula is C11H17N3O2S. The molecule has 0 heterocycles. The van der Waals surface area contributed by atoms with Crippen molar-refractivity contribution < 1.29 is 9.47 Å². The molecule has 0 amide bonds. The van der Waals surface area contributed by atoms with Crippen LogP contribution in [0.4, 0.5) is 5.69 Å². The first-order chi connectivity index (χ1) is 8.21. The number of hydrazine groups is 1. The molecule has 0 bridgehead atoms. The second-order valence-electron chi connectivity index (χ2n) is 3.12. The second-order valence-corrected chi connectivity index (χ2v) is 3.53. The Hall–Kier alpha value is -1.53. The van der Waals surface area contributed by atoms with E-state index in [4.69, 9.17) is 27.5 Å². The Balaban J connectivity index is 2.93. The van der Waals surface area contributed by atoms with Crippen molar-refractivity contribution in [2.24, 2.45) is 5.84 Å². The van der Waals surface area contributed by atoms with Crippen LogP contribution in [-0.2, 0) is 0 Å². The van der Waals surface area contributed by atoms with Gasteiger partial charge in [-0.15, -0.1) is 0 Å². The van der Waals surface area contributed by atoms with E-state index in [0.717, 1.165) is 11.4 Å². The van der Waals surface area contributed by atoms with Crippen molar-refractivity contribution in [1.82, 2.24) is 5.43 Å². The number of hydrogen-bond donors (Lipinski definition) is 3. The van der Waals surface area contributed by atoms with E-state index in [1.165, 1.54) is 0 Å². The van der Waals surface area contributed by atoms with Crippen LogP contribution in [0.25, 0.3) is 0 Å². The maximum atomic E-state index is 5.47. The van der Waals surface area contributed by atoms with Gasteiger partial charge in [0.1, 0.15) is 11.5 Å². The summed E-state index contributed by atoms with van der Waals surface area (Å²) in [5.74, 6) is 6.67. The molecule has 0 aliphatic rings. The fraction of sp³-hybridized carbons (Fsp3) is 0.364. The van der Waals surface area contributed by atoms with Gasteiger partial charge in [0.05, 0.1) is 18.9 Å². The molecule has 0 aliphatic carbocycles. The van der Waals surface area contributed by atoms with Crippen LogP contribution in [0.3, 0.4) is 0 Å². The fourth-order valence-electron chi connectivity index (χ4n) is 1.30. The van der Waals surface area contributed by atoms with Crippen molar-refractivity contribution in [3.63, 3.8) is 0 Å². The van der Waals surface area contributed by atoms with Crippen molar-refractivity contribution in [1.29, 1.82) is 0 Å². The molecule has 0 spiro atoms. The van der Waals surface area contributed by atoms with Gasteiger partial charge in [-0.05, 0) is 38.2 Å². The summed E-state index contributed by atoms with van der Waals surface area (Å²) in [4.78, 5) is 0. The number of thiocarbonyl (C=S) groups is 1. The van der Waals surface area contributed by atoms with Crippen molar-refractivity contribution in [2.75, 3.05) is 18.5 Å². The van der Waals surface area contributed by atoms with Gasteiger partial charge in [-0.3, -0.25) is 0 Å². The van der Waals surface area contributed by atoms with E-state index in [0.29, 0.717) is 24.1 Å². The Labute approximate surface area is 106 Å². The third-order valence-corrected chi connectivity index (χ3v) is 2.16. The fourth-order valence-corrected chi connectivity index (χ4v) is 1.41. The summed E-state index contributed by atoms with van der Waals surface area (Å²) >= 11 is 4.95. The van der Waals surface area contributed by atoms with E-state index in [1.807, 2.05) is 32.0 Å². The summed E-state index contributed by atoms with van der Waals surface area (Å²) in [7, 11) is 0. The Morgan fingerprint density at radius 3 is 2.59 bits per heavy atom. The SMILES string of the molecule is CCOc1ccc(OCC)c(NC(=S)NN)c1. The number of nitrogens with one attached hydrogen (secondary N) is 2. The molecule has 5 nitrogen and oxygen atoms in total. The normalized spacial score (nSPS) is 9.59. The van der Waals surface area contributed by atoms with Crippen molar-refractivity contribution in [3.05, 3.63) is 18.2 Å². The predicted octanol–water partition coefficient (Wildman–Crippen LogP) is 1.64. The van der Waals surface area contributed by atoms with Gasteiger partial charge in [0.25, 0.3) is 0 Å². The van der Waals surface area contributed by atoms with Gasteiger partial charge in [0.2, 0.25) is 0 Å². The Kier molecular flexibility index (Phi) is 5.51. The number of rotatable bonds is 5. The first kappa shape index (κ1) is 13.5. The number of hydrogen-bond acceptors (Lipinski definition) is 4. The molecular weight excluding hydrogens is 238 g/mol. The average Bonchev–Trinajstić information content (AvgIpc) is 2.33.